The highest BCUT2D eigenvalue weighted by molar-refractivity contribution is 5.88. The number of aromatic nitrogens is 4. The van der Waals surface area contributed by atoms with Gasteiger partial charge in [0, 0.05) is 44.4 Å². The van der Waals surface area contributed by atoms with Gasteiger partial charge in [-0.25, -0.2) is 14.6 Å². The van der Waals surface area contributed by atoms with Gasteiger partial charge in [0.05, 0.1) is 6.04 Å². The second kappa shape index (κ2) is 7.16. The summed E-state index contributed by atoms with van der Waals surface area (Å²) in [6.45, 7) is 1.44. The van der Waals surface area contributed by atoms with Crippen LogP contribution in [0.3, 0.4) is 0 Å². The fraction of sp³-hybridized carbons (Fsp3) is 0.391. The second-order valence-corrected chi connectivity index (χ2v) is 8.46. The van der Waals surface area contributed by atoms with Crippen molar-refractivity contribution >= 4 is 11.7 Å². The van der Waals surface area contributed by atoms with Gasteiger partial charge in [0.25, 0.3) is 5.91 Å². The first-order valence-corrected chi connectivity index (χ1v) is 10.9. The van der Waals surface area contributed by atoms with E-state index in [0.717, 1.165) is 37.6 Å². The van der Waals surface area contributed by atoms with Crippen LogP contribution in [0.25, 0.3) is 5.82 Å². The molecule has 2 atom stereocenters. The van der Waals surface area contributed by atoms with E-state index in [2.05, 4.69) is 32.1 Å². The average Bonchev–Trinajstić information content (AvgIpc) is 3.55. The summed E-state index contributed by atoms with van der Waals surface area (Å²) in [6.07, 6.45) is 8.24. The van der Waals surface area contributed by atoms with Gasteiger partial charge in [-0.1, -0.05) is 30.3 Å². The number of ether oxygens (including phenoxy) is 1. The van der Waals surface area contributed by atoms with Crippen molar-refractivity contribution in [2.45, 2.75) is 43.6 Å². The molecule has 158 valence electrons. The van der Waals surface area contributed by atoms with Gasteiger partial charge in [0.15, 0.2) is 11.4 Å². The molecule has 3 aliphatic rings. The molecule has 3 aromatic rings. The largest absolute Gasteiger partial charge is 0.356 e. The lowest BCUT2D eigenvalue weighted by Crippen LogP contribution is -2.50. The topological polar surface area (TPSA) is 76.4 Å². The number of nitrogens with zero attached hydrogens (tertiary/aromatic N) is 6. The maximum Gasteiger partial charge on any atom is 0.257 e. The molecule has 0 saturated carbocycles. The van der Waals surface area contributed by atoms with Crippen LogP contribution in [0.5, 0.6) is 0 Å². The number of benzene rings is 1. The van der Waals surface area contributed by atoms with E-state index in [4.69, 9.17) is 4.74 Å². The SMILES string of the molecule is O=C1N2[C@@H](CC[C@H]2c2ccccc2)OC12CCN(c1cc(-n3cccn3)ncn1)CC2. The number of carbonyl (C=O) groups is 1. The Balaban J connectivity index is 1.19. The molecule has 6 rings (SSSR count). The van der Waals surface area contributed by atoms with Gasteiger partial charge in [0.1, 0.15) is 18.4 Å². The van der Waals surface area contributed by atoms with Crippen LogP contribution in [0.2, 0.25) is 0 Å². The van der Waals surface area contributed by atoms with E-state index in [1.165, 1.54) is 5.56 Å². The van der Waals surface area contributed by atoms with Crippen molar-refractivity contribution in [1.82, 2.24) is 24.6 Å². The fourth-order valence-corrected chi connectivity index (χ4v) is 5.18. The molecule has 3 aliphatic heterocycles. The van der Waals surface area contributed by atoms with E-state index < -0.39 is 5.60 Å². The number of rotatable bonds is 3. The third kappa shape index (κ3) is 3.01. The summed E-state index contributed by atoms with van der Waals surface area (Å²) in [4.78, 5) is 26.5. The van der Waals surface area contributed by atoms with Gasteiger partial charge in [-0.3, -0.25) is 4.79 Å². The Labute approximate surface area is 180 Å². The molecule has 2 aromatic heterocycles. The van der Waals surface area contributed by atoms with Gasteiger partial charge >= 0.3 is 0 Å². The Bertz CT molecular complexity index is 1080. The average molecular weight is 416 g/mol. The molecule has 1 spiro atoms. The molecule has 1 amide bonds. The summed E-state index contributed by atoms with van der Waals surface area (Å²) in [6, 6.07) is 14.2. The number of anilines is 1. The van der Waals surface area contributed by atoms with E-state index in [1.807, 2.05) is 41.4 Å². The van der Waals surface area contributed by atoms with Crippen LogP contribution in [0.4, 0.5) is 5.82 Å². The Hall–Kier alpha value is -3.26. The maximum absolute atomic E-state index is 13.5. The molecule has 31 heavy (non-hydrogen) atoms. The highest BCUT2D eigenvalue weighted by Gasteiger charge is 2.57. The van der Waals surface area contributed by atoms with Crippen LogP contribution < -0.4 is 4.90 Å². The molecular weight excluding hydrogens is 392 g/mol. The lowest BCUT2D eigenvalue weighted by molar-refractivity contribution is -0.140. The highest BCUT2D eigenvalue weighted by atomic mass is 16.6. The monoisotopic (exact) mass is 416 g/mol. The minimum atomic E-state index is -0.702. The van der Waals surface area contributed by atoms with Crippen LogP contribution in [0.1, 0.15) is 37.3 Å². The summed E-state index contributed by atoms with van der Waals surface area (Å²) in [5.74, 6) is 1.74. The van der Waals surface area contributed by atoms with Crippen LogP contribution >= 0.6 is 0 Å². The van der Waals surface area contributed by atoms with Gasteiger partial charge in [-0.15, -0.1) is 0 Å². The smallest absolute Gasteiger partial charge is 0.257 e. The summed E-state index contributed by atoms with van der Waals surface area (Å²) in [5.41, 5.74) is 0.496. The van der Waals surface area contributed by atoms with E-state index in [1.54, 1.807) is 17.2 Å². The summed E-state index contributed by atoms with van der Waals surface area (Å²) >= 11 is 0. The summed E-state index contributed by atoms with van der Waals surface area (Å²) in [7, 11) is 0. The van der Waals surface area contributed by atoms with E-state index in [-0.39, 0.29) is 18.2 Å². The number of carbonyl (C=O) groups excluding carboxylic acids is 1. The van der Waals surface area contributed by atoms with Crippen molar-refractivity contribution < 1.29 is 9.53 Å². The Morgan fingerprint density at radius 2 is 1.81 bits per heavy atom. The molecule has 8 nitrogen and oxygen atoms in total. The molecule has 0 aliphatic carbocycles. The Morgan fingerprint density at radius 3 is 2.58 bits per heavy atom. The number of fused-ring (bicyclic) bond motifs is 1. The van der Waals surface area contributed by atoms with Crippen molar-refractivity contribution in [3.8, 4) is 5.82 Å². The number of hydrogen-bond acceptors (Lipinski definition) is 6. The molecule has 0 bridgehead atoms. The summed E-state index contributed by atoms with van der Waals surface area (Å²) < 4.78 is 8.17. The van der Waals surface area contributed by atoms with Gasteiger partial charge in [-0.2, -0.15) is 5.10 Å². The first kappa shape index (κ1) is 18.5. The molecular formula is C23H24N6O2. The van der Waals surface area contributed by atoms with Crippen molar-refractivity contribution in [1.29, 1.82) is 0 Å². The number of amides is 1. The third-order valence-electron chi connectivity index (χ3n) is 6.78. The van der Waals surface area contributed by atoms with Crippen molar-refractivity contribution in [2.75, 3.05) is 18.0 Å². The lowest BCUT2D eigenvalue weighted by atomic mass is 9.89. The molecule has 3 fully saturated rings. The van der Waals surface area contributed by atoms with Crippen LogP contribution in [0, 0.1) is 0 Å². The van der Waals surface area contributed by atoms with Crippen LogP contribution in [-0.2, 0) is 9.53 Å². The minimum Gasteiger partial charge on any atom is -0.356 e. The van der Waals surface area contributed by atoms with E-state index in [9.17, 15) is 4.79 Å². The standard InChI is InChI=1S/C23H24N6O2/c30-22-23(31-21-8-7-18(29(21)22)17-5-2-1-3-6-17)9-13-27(14-10-23)19-15-20(25-16-24-19)28-12-4-11-26-28/h1-6,11-12,15-16,18,21H,7-10,13-14H2/t18-,21+/m0/s1. The van der Waals surface area contributed by atoms with Crippen LogP contribution in [-0.4, -0.2) is 55.5 Å². The molecule has 1 aromatic carbocycles. The van der Waals surface area contributed by atoms with Gasteiger partial charge in [-0.05, 0) is 24.5 Å². The first-order valence-electron chi connectivity index (χ1n) is 10.9. The van der Waals surface area contributed by atoms with Crippen molar-refractivity contribution in [3.05, 3.63) is 66.7 Å². The predicted molar refractivity (Wildman–Crippen MR) is 113 cm³/mol. The Kier molecular flexibility index (Phi) is 4.27. The fourth-order valence-electron chi connectivity index (χ4n) is 5.18. The molecule has 0 radical (unpaired) electrons. The van der Waals surface area contributed by atoms with Gasteiger partial charge < -0.3 is 14.5 Å². The Morgan fingerprint density at radius 1 is 1.00 bits per heavy atom. The second-order valence-electron chi connectivity index (χ2n) is 8.46. The first-order chi connectivity index (χ1) is 15.2. The zero-order valence-electron chi connectivity index (χ0n) is 17.2. The maximum atomic E-state index is 13.5. The molecule has 5 heterocycles. The molecule has 0 unspecified atom stereocenters. The van der Waals surface area contributed by atoms with E-state index in [0.29, 0.717) is 12.8 Å². The minimum absolute atomic E-state index is 0.102. The van der Waals surface area contributed by atoms with Gasteiger partial charge in [0.2, 0.25) is 0 Å². The van der Waals surface area contributed by atoms with Crippen molar-refractivity contribution in [3.63, 3.8) is 0 Å². The number of piperidine rings is 1. The van der Waals surface area contributed by atoms with Crippen molar-refractivity contribution in [2.24, 2.45) is 0 Å². The lowest BCUT2D eigenvalue weighted by Gasteiger charge is -2.38. The molecule has 8 heteroatoms. The normalized spacial score (nSPS) is 24.7. The number of hydrogen-bond donors (Lipinski definition) is 0. The van der Waals surface area contributed by atoms with Crippen LogP contribution in [0.15, 0.2) is 61.2 Å². The third-order valence-corrected chi connectivity index (χ3v) is 6.78. The summed E-state index contributed by atoms with van der Waals surface area (Å²) in [5, 5.41) is 4.24. The van der Waals surface area contributed by atoms with E-state index >= 15 is 0 Å². The molecule has 0 N–H and O–H groups in total. The zero-order valence-corrected chi connectivity index (χ0v) is 17.2. The predicted octanol–water partition coefficient (Wildman–Crippen LogP) is 2.72. The zero-order chi connectivity index (χ0) is 20.8. The molecule has 3 saturated heterocycles. The quantitative estimate of drug-likeness (QED) is 0.654. The highest BCUT2D eigenvalue weighted by Crippen LogP contribution is 2.47.